The molecular weight excluding hydrogens is 314 g/mol. The molecule has 1 amide bonds. The normalized spacial score (nSPS) is 10.3. The van der Waals surface area contributed by atoms with Gasteiger partial charge in [0.15, 0.2) is 11.5 Å². The molecule has 0 saturated carbocycles. The van der Waals surface area contributed by atoms with E-state index >= 15 is 0 Å². The largest absolute Gasteiger partial charge is 0.493 e. The number of halogens is 1. The minimum Gasteiger partial charge on any atom is -0.493 e. The van der Waals surface area contributed by atoms with Crippen LogP contribution in [0.4, 0.5) is 0 Å². The van der Waals surface area contributed by atoms with E-state index in [1.165, 1.54) is 7.11 Å². The minimum absolute atomic E-state index is 0.108. The number of hydrogen-bond acceptors (Lipinski definition) is 3. The number of carbonyl (C=O) groups excluding carboxylic acids is 1. The molecule has 0 unspecified atom stereocenters. The summed E-state index contributed by atoms with van der Waals surface area (Å²) in [5.74, 6) is 0.880. The maximum atomic E-state index is 12.9. The van der Waals surface area contributed by atoms with Gasteiger partial charge < -0.3 is 14.4 Å². The number of para-hydroxylation sites is 1. The van der Waals surface area contributed by atoms with Crippen molar-refractivity contribution in [2.45, 2.75) is 13.5 Å². The van der Waals surface area contributed by atoms with Crippen molar-refractivity contribution < 1.29 is 14.3 Å². The quantitative estimate of drug-likeness (QED) is 0.801. The zero-order valence-corrected chi connectivity index (χ0v) is 14.3. The molecule has 0 saturated heterocycles. The molecule has 0 aromatic heterocycles. The lowest BCUT2D eigenvalue weighted by atomic mass is 10.1. The summed E-state index contributed by atoms with van der Waals surface area (Å²) in [4.78, 5) is 14.6. The maximum absolute atomic E-state index is 12.9. The molecule has 0 atom stereocenters. The molecule has 2 aromatic carbocycles. The van der Waals surface area contributed by atoms with Crippen molar-refractivity contribution >= 4 is 17.5 Å². The van der Waals surface area contributed by atoms with Crippen LogP contribution in [0.1, 0.15) is 22.8 Å². The zero-order valence-electron chi connectivity index (χ0n) is 13.5. The van der Waals surface area contributed by atoms with Crippen molar-refractivity contribution in [2.24, 2.45) is 0 Å². The molecule has 23 heavy (non-hydrogen) atoms. The van der Waals surface area contributed by atoms with E-state index in [0.717, 1.165) is 5.56 Å². The van der Waals surface area contributed by atoms with Gasteiger partial charge in [-0.05, 0) is 36.8 Å². The summed E-state index contributed by atoms with van der Waals surface area (Å²) in [5.41, 5.74) is 1.46. The number of hydrogen-bond donors (Lipinski definition) is 0. The van der Waals surface area contributed by atoms with E-state index < -0.39 is 0 Å². The van der Waals surface area contributed by atoms with Crippen molar-refractivity contribution in [1.29, 1.82) is 0 Å². The molecule has 0 fully saturated rings. The van der Waals surface area contributed by atoms with Gasteiger partial charge in [-0.15, -0.1) is 0 Å². The predicted octanol–water partition coefficient (Wildman–Crippen LogP) is 4.02. The fraction of sp³-hybridized carbons (Fsp3) is 0.278. The molecule has 5 heteroatoms. The second kappa shape index (κ2) is 7.88. The van der Waals surface area contributed by atoms with E-state index in [-0.39, 0.29) is 5.91 Å². The van der Waals surface area contributed by atoms with Crippen LogP contribution in [0, 0.1) is 0 Å². The van der Waals surface area contributed by atoms with Crippen molar-refractivity contribution in [3.8, 4) is 11.5 Å². The van der Waals surface area contributed by atoms with Gasteiger partial charge in [0.2, 0.25) is 0 Å². The first-order valence-electron chi connectivity index (χ1n) is 7.35. The molecule has 0 radical (unpaired) electrons. The summed E-state index contributed by atoms with van der Waals surface area (Å²) >= 11 is 6.02. The van der Waals surface area contributed by atoms with Crippen LogP contribution in [-0.2, 0) is 6.54 Å². The molecular formula is C18H20ClNO3. The third-order valence-corrected chi connectivity index (χ3v) is 3.80. The van der Waals surface area contributed by atoms with E-state index in [4.69, 9.17) is 21.1 Å². The van der Waals surface area contributed by atoms with E-state index in [0.29, 0.717) is 35.2 Å². The number of carbonyl (C=O) groups is 1. The smallest absolute Gasteiger partial charge is 0.258 e. The Labute approximate surface area is 141 Å². The first-order chi connectivity index (χ1) is 11.1. The van der Waals surface area contributed by atoms with Gasteiger partial charge in [-0.3, -0.25) is 4.79 Å². The van der Waals surface area contributed by atoms with Crippen LogP contribution >= 0.6 is 11.6 Å². The second-order valence-electron chi connectivity index (χ2n) is 4.99. The molecule has 0 aliphatic rings. The third kappa shape index (κ3) is 3.96. The Hall–Kier alpha value is -2.20. The van der Waals surface area contributed by atoms with Gasteiger partial charge in [0, 0.05) is 18.1 Å². The third-order valence-electron chi connectivity index (χ3n) is 3.56. The average Bonchev–Trinajstić information content (AvgIpc) is 2.58. The summed E-state index contributed by atoms with van der Waals surface area (Å²) < 4.78 is 10.6. The Morgan fingerprint density at radius 3 is 2.48 bits per heavy atom. The van der Waals surface area contributed by atoms with E-state index in [9.17, 15) is 4.79 Å². The van der Waals surface area contributed by atoms with Crippen LogP contribution in [0.25, 0.3) is 0 Å². The maximum Gasteiger partial charge on any atom is 0.258 e. The Morgan fingerprint density at radius 2 is 1.87 bits per heavy atom. The zero-order chi connectivity index (χ0) is 16.8. The number of rotatable bonds is 6. The van der Waals surface area contributed by atoms with Crippen LogP contribution in [0.3, 0.4) is 0 Å². The Balaban J connectivity index is 2.30. The number of benzene rings is 2. The van der Waals surface area contributed by atoms with Crippen LogP contribution in [0.5, 0.6) is 11.5 Å². The lowest BCUT2D eigenvalue weighted by molar-refractivity contribution is 0.0748. The number of amides is 1. The minimum atomic E-state index is -0.108. The Kier molecular flexibility index (Phi) is 5.88. The highest BCUT2D eigenvalue weighted by Crippen LogP contribution is 2.31. The van der Waals surface area contributed by atoms with Gasteiger partial charge in [0.25, 0.3) is 5.91 Å². The fourth-order valence-electron chi connectivity index (χ4n) is 2.41. The Bertz CT molecular complexity index is 688. The lowest BCUT2D eigenvalue weighted by Crippen LogP contribution is -2.30. The van der Waals surface area contributed by atoms with Crippen LogP contribution in [-0.4, -0.2) is 31.6 Å². The van der Waals surface area contributed by atoms with Gasteiger partial charge in [-0.1, -0.05) is 29.8 Å². The number of ether oxygens (including phenoxy) is 2. The van der Waals surface area contributed by atoms with Crippen molar-refractivity contribution in [3.05, 3.63) is 58.6 Å². The first kappa shape index (κ1) is 17.2. The average molecular weight is 334 g/mol. The van der Waals surface area contributed by atoms with Crippen molar-refractivity contribution in [2.75, 3.05) is 20.8 Å². The predicted molar refractivity (Wildman–Crippen MR) is 91.4 cm³/mol. The topological polar surface area (TPSA) is 38.8 Å². The molecule has 0 bridgehead atoms. The summed E-state index contributed by atoms with van der Waals surface area (Å²) in [6.45, 7) is 3.00. The molecule has 4 nitrogen and oxygen atoms in total. The van der Waals surface area contributed by atoms with E-state index in [1.54, 1.807) is 30.2 Å². The molecule has 0 heterocycles. The fourth-order valence-corrected chi connectivity index (χ4v) is 2.62. The Morgan fingerprint density at radius 1 is 1.13 bits per heavy atom. The van der Waals surface area contributed by atoms with Crippen LogP contribution < -0.4 is 9.47 Å². The lowest BCUT2D eigenvalue weighted by Gasteiger charge is -2.22. The highest BCUT2D eigenvalue weighted by Gasteiger charge is 2.21. The summed E-state index contributed by atoms with van der Waals surface area (Å²) in [6.07, 6.45) is 0. The van der Waals surface area contributed by atoms with Gasteiger partial charge in [-0.25, -0.2) is 0 Å². The summed E-state index contributed by atoms with van der Waals surface area (Å²) in [5, 5.41) is 0.657. The van der Waals surface area contributed by atoms with Crippen LogP contribution in [0.15, 0.2) is 42.5 Å². The monoisotopic (exact) mass is 333 g/mol. The van der Waals surface area contributed by atoms with Crippen LogP contribution in [0.2, 0.25) is 5.02 Å². The summed E-state index contributed by atoms with van der Waals surface area (Å²) in [7, 11) is 3.08. The van der Waals surface area contributed by atoms with E-state index in [1.807, 2.05) is 31.2 Å². The van der Waals surface area contributed by atoms with Gasteiger partial charge in [-0.2, -0.15) is 0 Å². The van der Waals surface area contributed by atoms with E-state index in [2.05, 4.69) is 0 Å². The first-order valence-corrected chi connectivity index (χ1v) is 7.73. The molecule has 2 aromatic rings. The van der Waals surface area contributed by atoms with Gasteiger partial charge in [0.05, 0.1) is 19.8 Å². The molecule has 0 aliphatic carbocycles. The second-order valence-corrected chi connectivity index (χ2v) is 5.43. The molecule has 0 aliphatic heterocycles. The van der Waals surface area contributed by atoms with Crippen molar-refractivity contribution in [3.63, 3.8) is 0 Å². The highest BCUT2D eigenvalue weighted by atomic mass is 35.5. The number of nitrogens with zero attached hydrogens (tertiary/aromatic N) is 1. The SMILES string of the molecule is CCN(Cc1cccc(Cl)c1)C(=O)c1cccc(OC)c1OC. The molecule has 0 spiro atoms. The highest BCUT2D eigenvalue weighted by molar-refractivity contribution is 6.30. The van der Waals surface area contributed by atoms with Gasteiger partial charge in [0.1, 0.15) is 0 Å². The van der Waals surface area contributed by atoms with Crippen molar-refractivity contribution in [1.82, 2.24) is 4.90 Å². The summed E-state index contributed by atoms with van der Waals surface area (Å²) in [6, 6.07) is 12.8. The van der Waals surface area contributed by atoms with Gasteiger partial charge >= 0.3 is 0 Å². The standard InChI is InChI=1S/C18H20ClNO3/c1-4-20(12-13-7-5-8-14(19)11-13)18(21)15-9-6-10-16(22-2)17(15)23-3/h5-11H,4,12H2,1-3H3. The number of methoxy groups -OCH3 is 2. The molecule has 0 N–H and O–H groups in total. The molecule has 2 rings (SSSR count). The molecule has 122 valence electrons.